The SMILES string of the molecule is C=CCN(C(=O)c1cccc(N)c1)C1CCS(=O)(=O)C1.Cl. The van der Waals surface area contributed by atoms with E-state index in [0.29, 0.717) is 24.2 Å². The molecule has 21 heavy (non-hydrogen) atoms. The van der Waals surface area contributed by atoms with E-state index in [0.717, 1.165) is 0 Å². The minimum Gasteiger partial charge on any atom is -0.399 e. The third-order valence-electron chi connectivity index (χ3n) is 3.37. The summed E-state index contributed by atoms with van der Waals surface area (Å²) in [5.74, 6) is -0.0518. The molecule has 1 aliphatic heterocycles. The lowest BCUT2D eigenvalue weighted by Gasteiger charge is -2.27. The topological polar surface area (TPSA) is 80.5 Å². The van der Waals surface area contributed by atoms with Gasteiger partial charge in [-0.05, 0) is 24.6 Å². The fourth-order valence-corrected chi connectivity index (χ4v) is 4.13. The maximum atomic E-state index is 12.5. The lowest BCUT2D eigenvalue weighted by atomic mass is 10.1. The van der Waals surface area contributed by atoms with Crippen LogP contribution in [0.4, 0.5) is 5.69 Å². The van der Waals surface area contributed by atoms with Crippen molar-refractivity contribution in [1.29, 1.82) is 0 Å². The normalized spacial score (nSPS) is 19.5. The molecule has 1 saturated heterocycles. The summed E-state index contributed by atoms with van der Waals surface area (Å²) in [5.41, 5.74) is 6.66. The van der Waals surface area contributed by atoms with E-state index in [9.17, 15) is 13.2 Å². The Morgan fingerprint density at radius 1 is 1.48 bits per heavy atom. The molecule has 1 aromatic rings. The second kappa shape index (κ2) is 6.95. The van der Waals surface area contributed by atoms with Crippen LogP contribution in [0.3, 0.4) is 0 Å². The molecule has 5 nitrogen and oxygen atoms in total. The third-order valence-corrected chi connectivity index (χ3v) is 5.12. The van der Waals surface area contributed by atoms with Crippen molar-refractivity contribution in [3.8, 4) is 0 Å². The largest absolute Gasteiger partial charge is 0.399 e. The molecule has 1 atom stereocenters. The Balaban J connectivity index is 0.00000220. The highest BCUT2D eigenvalue weighted by atomic mass is 35.5. The van der Waals surface area contributed by atoms with Crippen LogP contribution >= 0.6 is 12.4 Å². The summed E-state index contributed by atoms with van der Waals surface area (Å²) in [5, 5.41) is 0. The Morgan fingerprint density at radius 3 is 2.71 bits per heavy atom. The van der Waals surface area contributed by atoms with E-state index in [1.807, 2.05) is 0 Å². The standard InChI is InChI=1S/C14H18N2O3S.ClH/c1-2-7-16(13-6-8-20(18,19)10-13)14(17)11-4-3-5-12(15)9-11;/h2-5,9,13H,1,6-8,10,15H2;1H. The number of benzene rings is 1. The van der Waals surface area contributed by atoms with Crippen LogP contribution in [0.2, 0.25) is 0 Å². The smallest absolute Gasteiger partial charge is 0.254 e. The van der Waals surface area contributed by atoms with E-state index in [1.165, 1.54) is 0 Å². The van der Waals surface area contributed by atoms with Gasteiger partial charge in [0.15, 0.2) is 9.84 Å². The molecule has 1 fully saturated rings. The zero-order chi connectivity index (χ0) is 14.8. The summed E-state index contributed by atoms with van der Waals surface area (Å²) in [6.07, 6.45) is 2.08. The van der Waals surface area contributed by atoms with Gasteiger partial charge < -0.3 is 10.6 Å². The highest BCUT2D eigenvalue weighted by Crippen LogP contribution is 2.20. The predicted octanol–water partition coefficient (Wildman–Crippen LogP) is 1.51. The maximum Gasteiger partial charge on any atom is 0.254 e. The molecule has 0 bridgehead atoms. The summed E-state index contributed by atoms with van der Waals surface area (Å²) in [4.78, 5) is 14.1. The van der Waals surface area contributed by atoms with Crippen molar-refractivity contribution in [3.05, 3.63) is 42.5 Å². The summed E-state index contributed by atoms with van der Waals surface area (Å²) >= 11 is 0. The quantitative estimate of drug-likeness (QED) is 0.670. The molecule has 0 aliphatic carbocycles. The van der Waals surface area contributed by atoms with E-state index in [2.05, 4.69) is 6.58 Å². The van der Waals surface area contributed by atoms with E-state index < -0.39 is 9.84 Å². The highest BCUT2D eigenvalue weighted by Gasteiger charge is 2.34. The second-order valence-electron chi connectivity index (χ2n) is 4.93. The van der Waals surface area contributed by atoms with Crippen molar-refractivity contribution in [2.75, 3.05) is 23.8 Å². The molecule has 2 rings (SSSR count). The summed E-state index contributed by atoms with van der Waals surface area (Å²) < 4.78 is 23.2. The van der Waals surface area contributed by atoms with Crippen molar-refractivity contribution >= 4 is 33.8 Å². The Bertz CT molecular complexity index is 631. The second-order valence-corrected chi connectivity index (χ2v) is 7.16. The molecule has 1 aliphatic rings. The van der Waals surface area contributed by atoms with E-state index in [1.54, 1.807) is 35.2 Å². The van der Waals surface area contributed by atoms with E-state index in [4.69, 9.17) is 5.73 Å². The first-order valence-electron chi connectivity index (χ1n) is 6.41. The Kier molecular flexibility index (Phi) is 5.80. The average molecular weight is 331 g/mol. The van der Waals surface area contributed by atoms with E-state index >= 15 is 0 Å². The number of nitrogens with zero attached hydrogens (tertiary/aromatic N) is 1. The maximum absolute atomic E-state index is 12.5. The minimum absolute atomic E-state index is 0. The molecule has 1 heterocycles. The lowest BCUT2D eigenvalue weighted by Crippen LogP contribution is -2.41. The van der Waals surface area contributed by atoms with Crippen LogP contribution in [-0.2, 0) is 9.84 Å². The van der Waals surface area contributed by atoms with Crippen molar-refractivity contribution < 1.29 is 13.2 Å². The zero-order valence-electron chi connectivity index (χ0n) is 11.6. The molecular formula is C14H19ClN2O3S. The van der Waals surface area contributed by atoms with Gasteiger partial charge in [0.25, 0.3) is 5.91 Å². The Morgan fingerprint density at radius 2 is 2.19 bits per heavy atom. The number of hydrogen-bond donors (Lipinski definition) is 1. The summed E-state index contributed by atoms with van der Waals surface area (Å²) in [7, 11) is -3.04. The molecule has 0 radical (unpaired) electrons. The van der Waals surface area contributed by atoms with Gasteiger partial charge in [-0.15, -0.1) is 19.0 Å². The number of halogens is 1. The first kappa shape index (κ1) is 17.5. The highest BCUT2D eigenvalue weighted by molar-refractivity contribution is 7.91. The van der Waals surface area contributed by atoms with Gasteiger partial charge in [-0.2, -0.15) is 0 Å². The fraction of sp³-hybridized carbons (Fsp3) is 0.357. The minimum atomic E-state index is -3.04. The summed E-state index contributed by atoms with van der Waals surface area (Å²) in [6, 6.07) is 6.40. The molecule has 0 saturated carbocycles. The molecule has 1 amide bonds. The number of rotatable bonds is 4. The van der Waals surface area contributed by atoms with Gasteiger partial charge in [-0.1, -0.05) is 12.1 Å². The first-order chi connectivity index (χ1) is 9.43. The predicted molar refractivity (Wildman–Crippen MR) is 86.4 cm³/mol. The van der Waals surface area contributed by atoms with Gasteiger partial charge in [-0.3, -0.25) is 4.79 Å². The van der Waals surface area contributed by atoms with Crippen LogP contribution in [0.15, 0.2) is 36.9 Å². The zero-order valence-corrected chi connectivity index (χ0v) is 13.2. The van der Waals surface area contributed by atoms with Crippen molar-refractivity contribution in [1.82, 2.24) is 4.90 Å². The van der Waals surface area contributed by atoms with Crippen molar-refractivity contribution in [3.63, 3.8) is 0 Å². The van der Waals surface area contributed by atoms with Crippen LogP contribution in [0, 0.1) is 0 Å². The number of anilines is 1. The molecule has 1 aromatic carbocycles. The van der Waals surface area contributed by atoms with Crippen LogP contribution in [0.1, 0.15) is 16.8 Å². The number of carbonyl (C=O) groups excluding carboxylic acids is 1. The van der Waals surface area contributed by atoms with E-state index in [-0.39, 0.29) is 35.9 Å². The lowest BCUT2D eigenvalue weighted by molar-refractivity contribution is 0.0720. The Labute approximate surface area is 131 Å². The number of nitrogen functional groups attached to an aromatic ring is 1. The van der Waals surface area contributed by atoms with Crippen LogP contribution in [0.5, 0.6) is 0 Å². The van der Waals surface area contributed by atoms with Gasteiger partial charge in [0.05, 0.1) is 11.5 Å². The van der Waals surface area contributed by atoms with Gasteiger partial charge in [-0.25, -0.2) is 8.42 Å². The number of amides is 1. The first-order valence-corrected chi connectivity index (χ1v) is 8.23. The molecule has 0 spiro atoms. The van der Waals surface area contributed by atoms with Gasteiger partial charge >= 0.3 is 0 Å². The van der Waals surface area contributed by atoms with Crippen LogP contribution < -0.4 is 5.73 Å². The number of sulfone groups is 1. The third kappa shape index (κ3) is 4.22. The number of hydrogen-bond acceptors (Lipinski definition) is 4. The van der Waals surface area contributed by atoms with Crippen LogP contribution in [-0.4, -0.2) is 43.3 Å². The molecule has 0 aromatic heterocycles. The van der Waals surface area contributed by atoms with Gasteiger partial charge in [0.1, 0.15) is 0 Å². The molecule has 1 unspecified atom stereocenters. The average Bonchev–Trinajstić information content (AvgIpc) is 2.75. The van der Waals surface area contributed by atoms with Crippen molar-refractivity contribution in [2.45, 2.75) is 12.5 Å². The fourth-order valence-electron chi connectivity index (χ4n) is 2.40. The summed E-state index contributed by atoms with van der Waals surface area (Å²) in [6.45, 7) is 3.96. The van der Waals surface area contributed by atoms with Crippen molar-refractivity contribution in [2.24, 2.45) is 0 Å². The van der Waals surface area contributed by atoms with Gasteiger partial charge in [0.2, 0.25) is 0 Å². The molecule has 7 heteroatoms. The number of carbonyl (C=O) groups is 1. The molecule has 116 valence electrons. The monoisotopic (exact) mass is 330 g/mol. The number of nitrogens with two attached hydrogens (primary N) is 1. The van der Waals surface area contributed by atoms with Gasteiger partial charge in [0, 0.05) is 23.8 Å². The Hall–Kier alpha value is -1.53. The van der Waals surface area contributed by atoms with Crippen LogP contribution in [0.25, 0.3) is 0 Å². The molecular weight excluding hydrogens is 312 g/mol. The molecule has 2 N–H and O–H groups in total.